The summed E-state index contributed by atoms with van der Waals surface area (Å²) in [7, 11) is -3.45. The van der Waals surface area contributed by atoms with Gasteiger partial charge in [-0.15, -0.1) is 0 Å². The van der Waals surface area contributed by atoms with Gasteiger partial charge in [0, 0.05) is 25.3 Å². The molecule has 0 amide bonds. The summed E-state index contributed by atoms with van der Waals surface area (Å²) in [4.78, 5) is 0.278. The summed E-state index contributed by atoms with van der Waals surface area (Å²) >= 11 is 0. The van der Waals surface area contributed by atoms with Crippen LogP contribution in [0.3, 0.4) is 0 Å². The van der Waals surface area contributed by atoms with Crippen molar-refractivity contribution in [3.05, 3.63) is 12.4 Å². The predicted molar refractivity (Wildman–Crippen MR) is 84.7 cm³/mol. The lowest BCUT2D eigenvalue weighted by Gasteiger charge is -2.25. The molecule has 0 aliphatic rings. The molecule has 1 unspecified atom stereocenters. The highest BCUT2D eigenvalue weighted by Crippen LogP contribution is 2.18. The zero-order chi connectivity index (χ0) is 15.9. The first-order valence-corrected chi connectivity index (χ1v) is 9.16. The predicted octanol–water partition coefficient (Wildman–Crippen LogP) is 1.69. The van der Waals surface area contributed by atoms with Crippen LogP contribution in [-0.2, 0) is 16.6 Å². The molecule has 1 N–H and O–H groups in total. The average molecular weight is 316 g/mol. The van der Waals surface area contributed by atoms with Crippen LogP contribution in [0.1, 0.15) is 40.5 Å². The zero-order valence-corrected chi connectivity index (χ0v) is 14.4. The quantitative estimate of drug-likeness (QED) is 0.667. The Morgan fingerprint density at radius 2 is 2.05 bits per heavy atom. The van der Waals surface area contributed by atoms with Crippen molar-refractivity contribution in [2.24, 2.45) is 0 Å². The van der Waals surface area contributed by atoms with Crippen molar-refractivity contribution in [3.8, 4) is 0 Å². The zero-order valence-electron chi connectivity index (χ0n) is 13.5. The molecule has 7 heteroatoms. The molecular formula is C14H28N4O2S. The van der Waals surface area contributed by atoms with Gasteiger partial charge in [0.15, 0.2) is 0 Å². The van der Waals surface area contributed by atoms with Crippen molar-refractivity contribution < 1.29 is 8.42 Å². The lowest BCUT2D eigenvalue weighted by molar-refractivity contribution is 0.342. The van der Waals surface area contributed by atoms with Crippen molar-refractivity contribution in [3.63, 3.8) is 0 Å². The number of nitrogens with one attached hydrogen (secondary N) is 1. The summed E-state index contributed by atoms with van der Waals surface area (Å²) in [6.07, 6.45) is 4.94. The molecule has 1 rings (SSSR count). The molecule has 0 bridgehead atoms. The first-order chi connectivity index (χ1) is 9.97. The minimum absolute atomic E-state index is 0.00503. The van der Waals surface area contributed by atoms with Crippen molar-refractivity contribution in [2.45, 2.75) is 58.0 Å². The monoisotopic (exact) mass is 316 g/mol. The van der Waals surface area contributed by atoms with Crippen LogP contribution in [-0.4, -0.2) is 48.2 Å². The second-order valence-electron chi connectivity index (χ2n) is 5.15. The second kappa shape index (κ2) is 8.51. The molecule has 1 atom stereocenters. The van der Waals surface area contributed by atoms with Gasteiger partial charge in [-0.05, 0) is 26.3 Å². The number of hydrogen-bond acceptors (Lipinski definition) is 4. The molecule has 1 aromatic rings. The fourth-order valence-electron chi connectivity index (χ4n) is 2.15. The first-order valence-electron chi connectivity index (χ1n) is 7.72. The van der Waals surface area contributed by atoms with Gasteiger partial charge in [0.2, 0.25) is 10.0 Å². The Kier molecular flexibility index (Phi) is 7.34. The van der Waals surface area contributed by atoms with E-state index in [9.17, 15) is 8.42 Å². The van der Waals surface area contributed by atoms with E-state index >= 15 is 0 Å². The smallest absolute Gasteiger partial charge is 0.246 e. The topological polar surface area (TPSA) is 67.2 Å². The van der Waals surface area contributed by atoms with Crippen LogP contribution in [0.25, 0.3) is 0 Å². The van der Waals surface area contributed by atoms with Gasteiger partial charge in [0.05, 0.1) is 12.7 Å². The SMILES string of the molecule is CCCNCCn1cc(S(=O)(=O)N(CC)C(C)CC)cn1. The van der Waals surface area contributed by atoms with Crippen LogP contribution in [0.5, 0.6) is 0 Å². The van der Waals surface area contributed by atoms with Crippen molar-refractivity contribution >= 4 is 10.0 Å². The highest BCUT2D eigenvalue weighted by molar-refractivity contribution is 7.89. The Bertz CT molecular complexity index is 513. The Balaban J connectivity index is 2.78. The van der Waals surface area contributed by atoms with Crippen molar-refractivity contribution in [2.75, 3.05) is 19.6 Å². The normalized spacial score (nSPS) is 13.8. The standard InChI is InChI=1S/C14H28N4O2S/c1-5-8-15-9-10-17-12-14(11-16-17)21(19,20)18(7-3)13(4)6-2/h11-13,15H,5-10H2,1-4H3. The molecular weight excluding hydrogens is 288 g/mol. The Morgan fingerprint density at radius 3 is 2.62 bits per heavy atom. The first kappa shape index (κ1) is 18.1. The van der Waals surface area contributed by atoms with E-state index in [1.165, 1.54) is 10.5 Å². The minimum Gasteiger partial charge on any atom is -0.315 e. The second-order valence-corrected chi connectivity index (χ2v) is 7.05. The molecule has 6 nitrogen and oxygen atoms in total. The average Bonchev–Trinajstić information content (AvgIpc) is 2.93. The van der Waals surface area contributed by atoms with Crippen LogP contribution in [0.15, 0.2) is 17.3 Å². The van der Waals surface area contributed by atoms with E-state index in [1.807, 2.05) is 20.8 Å². The minimum atomic E-state index is -3.45. The lowest BCUT2D eigenvalue weighted by atomic mass is 10.3. The maximum Gasteiger partial charge on any atom is 0.246 e. The third-order valence-electron chi connectivity index (χ3n) is 3.55. The molecule has 0 spiro atoms. The van der Waals surface area contributed by atoms with Gasteiger partial charge in [-0.2, -0.15) is 9.40 Å². The summed E-state index contributed by atoms with van der Waals surface area (Å²) in [5.41, 5.74) is 0. The van der Waals surface area contributed by atoms with Gasteiger partial charge < -0.3 is 5.32 Å². The summed E-state index contributed by atoms with van der Waals surface area (Å²) < 4.78 is 28.4. The number of aromatic nitrogens is 2. The van der Waals surface area contributed by atoms with E-state index in [0.29, 0.717) is 13.1 Å². The molecule has 0 aromatic carbocycles. The van der Waals surface area contributed by atoms with E-state index < -0.39 is 10.0 Å². The molecule has 0 aliphatic carbocycles. The fraction of sp³-hybridized carbons (Fsp3) is 0.786. The van der Waals surface area contributed by atoms with E-state index in [-0.39, 0.29) is 10.9 Å². The number of nitrogens with zero attached hydrogens (tertiary/aromatic N) is 3. The van der Waals surface area contributed by atoms with Crippen LogP contribution in [0.4, 0.5) is 0 Å². The maximum atomic E-state index is 12.6. The lowest BCUT2D eigenvalue weighted by Crippen LogP contribution is -2.37. The molecule has 0 saturated heterocycles. The fourth-order valence-corrected chi connectivity index (χ4v) is 3.82. The van der Waals surface area contributed by atoms with Crippen molar-refractivity contribution in [1.29, 1.82) is 0 Å². The van der Waals surface area contributed by atoms with Crippen LogP contribution in [0.2, 0.25) is 0 Å². The molecule has 1 heterocycles. The van der Waals surface area contributed by atoms with Gasteiger partial charge in [-0.25, -0.2) is 8.42 Å². The maximum absolute atomic E-state index is 12.6. The Labute approximate surface area is 128 Å². The molecule has 0 fully saturated rings. The van der Waals surface area contributed by atoms with Gasteiger partial charge in [0.1, 0.15) is 4.90 Å². The third-order valence-corrected chi connectivity index (χ3v) is 5.60. The van der Waals surface area contributed by atoms with Crippen LogP contribution < -0.4 is 5.32 Å². The van der Waals surface area contributed by atoms with Gasteiger partial charge >= 0.3 is 0 Å². The summed E-state index contributed by atoms with van der Waals surface area (Å²) in [5, 5.41) is 7.42. The third kappa shape index (κ3) is 4.79. The Morgan fingerprint density at radius 1 is 1.33 bits per heavy atom. The summed E-state index contributed by atoms with van der Waals surface area (Å²) in [6.45, 7) is 10.8. The molecule has 0 radical (unpaired) electrons. The van der Waals surface area contributed by atoms with E-state index in [4.69, 9.17) is 0 Å². The molecule has 0 saturated carbocycles. The Hall–Kier alpha value is -0.920. The largest absolute Gasteiger partial charge is 0.315 e. The molecule has 1 aromatic heterocycles. The summed E-state index contributed by atoms with van der Waals surface area (Å²) in [5.74, 6) is 0. The van der Waals surface area contributed by atoms with E-state index in [0.717, 1.165) is 25.9 Å². The molecule has 0 aliphatic heterocycles. The van der Waals surface area contributed by atoms with Gasteiger partial charge in [-0.1, -0.05) is 20.8 Å². The number of hydrogen-bond donors (Lipinski definition) is 1. The van der Waals surface area contributed by atoms with Gasteiger partial charge in [0.25, 0.3) is 0 Å². The summed E-state index contributed by atoms with van der Waals surface area (Å²) in [6, 6.07) is -0.00503. The van der Waals surface area contributed by atoms with Crippen LogP contribution in [0, 0.1) is 0 Å². The number of sulfonamides is 1. The van der Waals surface area contributed by atoms with Gasteiger partial charge in [-0.3, -0.25) is 4.68 Å². The van der Waals surface area contributed by atoms with Crippen molar-refractivity contribution in [1.82, 2.24) is 19.4 Å². The van der Waals surface area contributed by atoms with E-state index in [2.05, 4.69) is 17.3 Å². The molecule has 21 heavy (non-hydrogen) atoms. The van der Waals surface area contributed by atoms with E-state index in [1.54, 1.807) is 10.9 Å². The van der Waals surface area contributed by atoms with Crippen LogP contribution >= 0.6 is 0 Å². The molecule has 122 valence electrons. The highest BCUT2D eigenvalue weighted by atomic mass is 32.2. The number of rotatable bonds is 10. The highest BCUT2D eigenvalue weighted by Gasteiger charge is 2.27.